The first-order valence-corrected chi connectivity index (χ1v) is 10.4. The zero-order chi connectivity index (χ0) is 20.2. The summed E-state index contributed by atoms with van der Waals surface area (Å²) in [4.78, 5) is 0. The van der Waals surface area contributed by atoms with Crippen molar-refractivity contribution in [3.8, 4) is 0 Å². The molecule has 0 aliphatic carbocycles. The lowest BCUT2D eigenvalue weighted by molar-refractivity contribution is -0.149. The molecule has 3 rings (SSSR count). The lowest BCUT2D eigenvalue weighted by atomic mass is 9.84. The number of hydrogen-bond donors (Lipinski definition) is 1. The van der Waals surface area contributed by atoms with Gasteiger partial charge in [-0.25, -0.2) is 0 Å². The molecule has 0 aromatic heterocycles. The molecule has 1 N–H and O–H groups in total. The van der Waals surface area contributed by atoms with E-state index in [0.717, 1.165) is 65.9 Å². The van der Waals surface area contributed by atoms with E-state index in [0.29, 0.717) is 10.8 Å². The van der Waals surface area contributed by atoms with Crippen LogP contribution in [0.2, 0.25) is 0 Å². The molecule has 3 aliphatic heterocycles. The minimum Gasteiger partial charge on any atom is -0.396 e. The molecule has 0 saturated carbocycles. The van der Waals surface area contributed by atoms with Gasteiger partial charge in [0.05, 0.1) is 59.5 Å². The van der Waals surface area contributed by atoms with Crippen LogP contribution in [0.4, 0.5) is 0 Å². The summed E-state index contributed by atoms with van der Waals surface area (Å²) in [6, 6.07) is 0. The molecule has 6 heteroatoms. The van der Waals surface area contributed by atoms with Crippen molar-refractivity contribution in [1.82, 2.24) is 0 Å². The van der Waals surface area contributed by atoms with Crippen LogP contribution in [-0.4, -0.2) is 78.3 Å². The molecule has 0 bridgehead atoms. The Labute approximate surface area is 165 Å². The predicted octanol–water partition coefficient (Wildman–Crippen LogP) is 2.91. The van der Waals surface area contributed by atoms with E-state index in [2.05, 4.69) is 20.8 Å². The second-order valence-corrected chi connectivity index (χ2v) is 8.27. The Morgan fingerprint density at radius 3 is 1.26 bits per heavy atom. The van der Waals surface area contributed by atoms with Gasteiger partial charge in [-0.2, -0.15) is 0 Å². The molecule has 0 radical (unpaired) electrons. The van der Waals surface area contributed by atoms with E-state index in [-0.39, 0.29) is 12.0 Å². The number of aliphatic hydroxyl groups is 1. The molecule has 3 heterocycles. The van der Waals surface area contributed by atoms with Gasteiger partial charge in [-0.3, -0.25) is 0 Å². The molecular formula is C21H42O6. The molecule has 0 spiro atoms. The van der Waals surface area contributed by atoms with Gasteiger partial charge in [0.1, 0.15) is 0 Å². The summed E-state index contributed by atoms with van der Waals surface area (Å²) in [6.07, 6.45) is 3.37. The van der Waals surface area contributed by atoms with Crippen molar-refractivity contribution in [2.75, 3.05) is 73.2 Å². The van der Waals surface area contributed by atoms with E-state index in [1.54, 1.807) is 7.11 Å². The lowest BCUT2D eigenvalue weighted by Crippen LogP contribution is -2.45. The number of methoxy groups -OCH3 is 1. The van der Waals surface area contributed by atoms with Gasteiger partial charge in [0, 0.05) is 30.0 Å². The van der Waals surface area contributed by atoms with Gasteiger partial charge >= 0.3 is 0 Å². The standard InChI is InChI=1S/C8H16O2.C7H14O2.C6H12O2/c1-3-8(5-9-4-2)6-10-7-8;1-3-7(4-8-2)5-9-6-7;1-2-6(3-7)4-8-5-6/h3-7H2,1-2H3;3-6H2,1-2H3;7H,2-5H2,1H3. The lowest BCUT2D eigenvalue weighted by Gasteiger charge is -2.40. The maximum absolute atomic E-state index is 8.76. The van der Waals surface area contributed by atoms with Crippen molar-refractivity contribution in [2.24, 2.45) is 16.2 Å². The van der Waals surface area contributed by atoms with Crippen LogP contribution in [0.5, 0.6) is 0 Å². The maximum Gasteiger partial charge on any atom is 0.0566 e. The summed E-state index contributed by atoms with van der Waals surface area (Å²) < 4.78 is 25.6. The Morgan fingerprint density at radius 1 is 0.704 bits per heavy atom. The summed E-state index contributed by atoms with van der Waals surface area (Å²) in [6.45, 7) is 16.4. The van der Waals surface area contributed by atoms with Gasteiger partial charge in [0.25, 0.3) is 0 Å². The highest BCUT2D eigenvalue weighted by molar-refractivity contribution is 4.84. The molecule has 0 atom stereocenters. The second kappa shape index (κ2) is 12.3. The fraction of sp³-hybridized carbons (Fsp3) is 1.00. The monoisotopic (exact) mass is 390 g/mol. The zero-order valence-electron chi connectivity index (χ0n) is 18.2. The van der Waals surface area contributed by atoms with Crippen LogP contribution in [0, 0.1) is 16.2 Å². The molecule has 3 aliphatic rings. The van der Waals surface area contributed by atoms with E-state index in [1.807, 2.05) is 6.92 Å². The SMILES string of the molecule is CCC1(CO)COC1.CCC1(COC)COC1.CCOCC1(CC)COC1. The first-order chi connectivity index (χ1) is 13.0. The largest absolute Gasteiger partial charge is 0.396 e. The topological polar surface area (TPSA) is 66.4 Å². The number of rotatable bonds is 9. The molecule has 0 aromatic rings. The Bertz CT molecular complexity index is 350. The zero-order valence-corrected chi connectivity index (χ0v) is 18.2. The average molecular weight is 391 g/mol. The van der Waals surface area contributed by atoms with Crippen LogP contribution in [-0.2, 0) is 23.7 Å². The highest BCUT2D eigenvalue weighted by Gasteiger charge is 2.37. The second-order valence-electron chi connectivity index (χ2n) is 8.27. The summed E-state index contributed by atoms with van der Waals surface area (Å²) in [7, 11) is 1.75. The quantitative estimate of drug-likeness (QED) is 0.653. The van der Waals surface area contributed by atoms with Gasteiger partial charge < -0.3 is 28.8 Å². The highest BCUT2D eigenvalue weighted by Crippen LogP contribution is 2.32. The van der Waals surface area contributed by atoms with E-state index in [4.69, 9.17) is 28.8 Å². The predicted molar refractivity (Wildman–Crippen MR) is 106 cm³/mol. The first-order valence-electron chi connectivity index (χ1n) is 10.4. The molecular weight excluding hydrogens is 348 g/mol. The van der Waals surface area contributed by atoms with Gasteiger partial charge in [-0.1, -0.05) is 20.8 Å². The van der Waals surface area contributed by atoms with E-state index >= 15 is 0 Å². The molecule has 0 aromatic carbocycles. The van der Waals surface area contributed by atoms with Gasteiger partial charge in [-0.15, -0.1) is 0 Å². The van der Waals surface area contributed by atoms with Crippen LogP contribution in [0.1, 0.15) is 47.0 Å². The molecule has 3 fully saturated rings. The average Bonchev–Trinajstić information content (AvgIpc) is 2.59. The summed E-state index contributed by atoms with van der Waals surface area (Å²) in [5.41, 5.74) is 0.880. The van der Waals surface area contributed by atoms with Crippen molar-refractivity contribution in [1.29, 1.82) is 0 Å². The summed E-state index contributed by atoms with van der Waals surface area (Å²) in [5.74, 6) is 0. The molecule has 0 amide bonds. The third kappa shape index (κ3) is 7.26. The molecule has 6 nitrogen and oxygen atoms in total. The van der Waals surface area contributed by atoms with Gasteiger partial charge in [0.2, 0.25) is 0 Å². The third-order valence-electron chi connectivity index (χ3n) is 6.10. The van der Waals surface area contributed by atoms with Crippen molar-refractivity contribution in [3.05, 3.63) is 0 Å². The Morgan fingerprint density at radius 2 is 1.11 bits per heavy atom. The molecule has 162 valence electrons. The van der Waals surface area contributed by atoms with Crippen LogP contribution < -0.4 is 0 Å². The fourth-order valence-corrected chi connectivity index (χ4v) is 2.98. The van der Waals surface area contributed by atoms with Gasteiger partial charge in [0.15, 0.2) is 0 Å². The molecule has 3 saturated heterocycles. The van der Waals surface area contributed by atoms with E-state index in [9.17, 15) is 0 Å². The Kier molecular flexibility index (Phi) is 11.3. The van der Waals surface area contributed by atoms with Crippen molar-refractivity contribution >= 4 is 0 Å². The Hall–Kier alpha value is -0.240. The van der Waals surface area contributed by atoms with E-state index < -0.39 is 0 Å². The smallest absolute Gasteiger partial charge is 0.0566 e. The third-order valence-corrected chi connectivity index (χ3v) is 6.10. The molecule has 0 unspecified atom stereocenters. The number of hydrogen-bond acceptors (Lipinski definition) is 6. The minimum absolute atomic E-state index is 0.139. The van der Waals surface area contributed by atoms with Crippen molar-refractivity contribution in [3.63, 3.8) is 0 Å². The summed E-state index contributed by atoms with van der Waals surface area (Å²) >= 11 is 0. The number of aliphatic hydroxyl groups excluding tert-OH is 1. The summed E-state index contributed by atoms with van der Waals surface area (Å²) in [5, 5.41) is 8.76. The fourth-order valence-electron chi connectivity index (χ4n) is 2.98. The van der Waals surface area contributed by atoms with Crippen LogP contribution in [0.25, 0.3) is 0 Å². The minimum atomic E-state index is 0.139. The molecule has 27 heavy (non-hydrogen) atoms. The normalized spacial score (nSPS) is 23.3. The highest BCUT2D eigenvalue weighted by atomic mass is 16.5. The number of ether oxygens (including phenoxy) is 5. The van der Waals surface area contributed by atoms with Crippen LogP contribution >= 0.6 is 0 Å². The van der Waals surface area contributed by atoms with Crippen LogP contribution in [0.15, 0.2) is 0 Å². The Balaban J connectivity index is 0.000000204. The van der Waals surface area contributed by atoms with Crippen molar-refractivity contribution in [2.45, 2.75) is 47.0 Å². The maximum atomic E-state index is 8.76. The van der Waals surface area contributed by atoms with Crippen LogP contribution in [0.3, 0.4) is 0 Å². The van der Waals surface area contributed by atoms with Crippen molar-refractivity contribution < 1.29 is 28.8 Å². The first kappa shape index (κ1) is 24.8. The van der Waals surface area contributed by atoms with Gasteiger partial charge in [-0.05, 0) is 26.2 Å². The van der Waals surface area contributed by atoms with E-state index in [1.165, 1.54) is 12.8 Å².